The first-order valence-corrected chi connectivity index (χ1v) is 11.0. The van der Waals surface area contributed by atoms with E-state index in [0.29, 0.717) is 24.7 Å². The zero-order valence-electron chi connectivity index (χ0n) is 17.5. The number of pyridine rings is 1. The average Bonchev–Trinajstić information content (AvgIpc) is 2.79. The Bertz CT molecular complexity index is 954. The number of nitrogens with zero attached hydrogens (tertiary/aromatic N) is 2. The summed E-state index contributed by atoms with van der Waals surface area (Å²) >= 11 is 0. The Balaban J connectivity index is 1.28. The lowest BCUT2D eigenvalue weighted by Gasteiger charge is -2.33. The zero-order valence-corrected chi connectivity index (χ0v) is 17.5. The minimum absolute atomic E-state index is 0.144. The predicted molar refractivity (Wildman–Crippen MR) is 121 cm³/mol. The van der Waals surface area contributed by atoms with E-state index in [0.717, 1.165) is 44.5 Å². The van der Waals surface area contributed by atoms with Crippen LogP contribution in [0.5, 0.6) is 5.75 Å². The molecule has 158 valence electrons. The minimum Gasteiger partial charge on any atom is -0.503 e. The molecular weight excluding hydrogens is 374 g/mol. The molecule has 2 N–H and O–H groups in total. The predicted octanol–water partition coefficient (Wildman–Crippen LogP) is 3.43. The second-order valence-electron chi connectivity index (χ2n) is 8.30. The SMILES string of the molecule is O=c1c(O)c(CNC2CCN(CC3=CCCC=C3)CC2)ccn1Cc1ccccc1. The van der Waals surface area contributed by atoms with Crippen molar-refractivity contribution in [2.75, 3.05) is 19.6 Å². The molecule has 1 saturated heterocycles. The van der Waals surface area contributed by atoms with E-state index in [2.05, 4.69) is 28.4 Å². The molecule has 0 bridgehead atoms. The van der Waals surface area contributed by atoms with Gasteiger partial charge in [-0.05, 0) is 56.0 Å². The molecule has 0 unspecified atom stereocenters. The molecule has 0 radical (unpaired) electrons. The summed E-state index contributed by atoms with van der Waals surface area (Å²) in [6.07, 6.45) is 13.2. The van der Waals surface area contributed by atoms with Gasteiger partial charge >= 0.3 is 0 Å². The number of likely N-dealkylation sites (tertiary alicyclic amines) is 1. The molecule has 0 amide bonds. The van der Waals surface area contributed by atoms with Crippen LogP contribution in [0.15, 0.2) is 71.2 Å². The van der Waals surface area contributed by atoms with Crippen molar-refractivity contribution in [1.29, 1.82) is 0 Å². The van der Waals surface area contributed by atoms with Gasteiger partial charge in [-0.1, -0.05) is 48.6 Å². The summed E-state index contributed by atoms with van der Waals surface area (Å²) in [5.74, 6) is -0.144. The number of hydrogen-bond donors (Lipinski definition) is 2. The van der Waals surface area contributed by atoms with Gasteiger partial charge in [-0.25, -0.2) is 0 Å². The first kappa shape index (κ1) is 20.6. The Hall–Kier alpha value is -2.63. The van der Waals surface area contributed by atoms with Crippen molar-refractivity contribution < 1.29 is 5.11 Å². The Morgan fingerprint density at radius 2 is 1.83 bits per heavy atom. The number of rotatable bonds is 7. The summed E-state index contributed by atoms with van der Waals surface area (Å²) in [4.78, 5) is 15.1. The second-order valence-corrected chi connectivity index (χ2v) is 8.30. The topological polar surface area (TPSA) is 57.5 Å². The van der Waals surface area contributed by atoms with Crippen LogP contribution in [0.3, 0.4) is 0 Å². The molecule has 0 atom stereocenters. The van der Waals surface area contributed by atoms with Gasteiger partial charge in [-0.15, -0.1) is 0 Å². The van der Waals surface area contributed by atoms with E-state index in [1.54, 1.807) is 10.8 Å². The number of aromatic hydroxyl groups is 1. The van der Waals surface area contributed by atoms with Gasteiger partial charge in [0, 0.05) is 30.9 Å². The third-order valence-electron chi connectivity index (χ3n) is 6.07. The van der Waals surface area contributed by atoms with Crippen LogP contribution in [0.2, 0.25) is 0 Å². The standard InChI is InChI=1S/C25H31N3O2/c29-24-22(11-16-28(25(24)30)19-21-9-5-2-6-10-21)17-26-23-12-14-27(15-13-23)18-20-7-3-1-4-8-20/h2-3,5-11,16,23,26,29H,1,4,12-15,17-19H2. The summed E-state index contributed by atoms with van der Waals surface area (Å²) in [6, 6.07) is 12.1. The second kappa shape index (κ2) is 9.92. The molecule has 1 aliphatic heterocycles. The van der Waals surface area contributed by atoms with Gasteiger partial charge in [0.05, 0.1) is 6.54 Å². The molecule has 30 heavy (non-hydrogen) atoms. The van der Waals surface area contributed by atoms with E-state index in [-0.39, 0.29) is 11.3 Å². The number of allylic oxidation sites excluding steroid dienone is 2. The zero-order chi connectivity index (χ0) is 20.8. The Labute approximate surface area is 178 Å². The normalized spacial score (nSPS) is 17.8. The molecule has 4 rings (SSSR count). The van der Waals surface area contributed by atoms with Crippen LogP contribution in [0.1, 0.15) is 36.8 Å². The molecule has 5 nitrogen and oxygen atoms in total. The molecule has 2 aliphatic rings. The van der Waals surface area contributed by atoms with Crippen molar-refractivity contribution >= 4 is 0 Å². The molecular formula is C25H31N3O2. The highest BCUT2D eigenvalue weighted by atomic mass is 16.3. The quantitative estimate of drug-likeness (QED) is 0.741. The summed E-state index contributed by atoms with van der Waals surface area (Å²) in [5, 5.41) is 14.0. The molecule has 1 aliphatic carbocycles. The Morgan fingerprint density at radius 3 is 2.57 bits per heavy atom. The van der Waals surface area contributed by atoms with Crippen LogP contribution in [0, 0.1) is 0 Å². The largest absolute Gasteiger partial charge is 0.503 e. The van der Waals surface area contributed by atoms with E-state index in [1.807, 2.05) is 36.4 Å². The maximum absolute atomic E-state index is 12.5. The average molecular weight is 406 g/mol. The van der Waals surface area contributed by atoms with E-state index in [1.165, 1.54) is 12.0 Å². The van der Waals surface area contributed by atoms with Crippen molar-refractivity contribution in [2.24, 2.45) is 0 Å². The minimum atomic E-state index is -0.332. The fourth-order valence-corrected chi connectivity index (χ4v) is 4.24. The van der Waals surface area contributed by atoms with Gasteiger partial charge in [0.25, 0.3) is 5.56 Å². The van der Waals surface area contributed by atoms with Crippen molar-refractivity contribution in [3.8, 4) is 5.75 Å². The lowest BCUT2D eigenvalue weighted by Crippen LogP contribution is -2.42. The third kappa shape index (κ3) is 5.29. The maximum Gasteiger partial charge on any atom is 0.293 e. The molecule has 5 heteroatoms. The number of benzene rings is 1. The monoisotopic (exact) mass is 405 g/mol. The van der Waals surface area contributed by atoms with Gasteiger partial charge in [-0.2, -0.15) is 0 Å². The molecule has 0 spiro atoms. The van der Waals surface area contributed by atoms with E-state index in [9.17, 15) is 9.90 Å². The van der Waals surface area contributed by atoms with E-state index in [4.69, 9.17) is 0 Å². The van der Waals surface area contributed by atoms with Gasteiger partial charge < -0.3 is 15.0 Å². The lowest BCUT2D eigenvalue weighted by atomic mass is 10.0. The van der Waals surface area contributed by atoms with E-state index >= 15 is 0 Å². The summed E-state index contributed by atoms with van der Waals surface area (Å²) in [5.41, 5.74) is 2.82. The fourth-order valence-electron chi connectivity index (χ4n) is 4.24. The Kier molecular flexibility index (Phi) is 6.82. The number of hydrogen-bond acceptors (Lipinski definition) is 4. The van der Waals surface area contributed by atoms with E-state index < -0.39 is 0 Å². The number of nitrogens with one attached hydrogen (secondary N) is 1. The van der Waals surface area contributed by atoms with Gasteiger partial charge in [0.2, 0.25) is 0 Å². The summed E-state index contributed by atoms with van der Waals surface area (Å²) in [6.45, 7) is 4.18. The van der Waals surface area contributed by atoms with Crippen molar-refractivity contribution in [3.63, 3.8) is 0 Å². The van der Waals surface area contributed by atoms with Crippen LogP contribution >= 0.6 is 0 Å². The highest BCUT2D eigenvalue weighted by Crippen LogP contribution is 2.17. The molecule has 2 heterocycles. The molecule has 1 fully saturated rings. The number of piperidine rings is 1. The first-order chi connectivity index (χ1) is 14.7. The number of aromatic nitrogens is 1. The van der Waals surface area contributed by atoms with Crippen LogP contribution in [-0.4, -0.2) is 40.2 Å². The summed E-state index contributed by atoms with van der Waals surface area (Å²) < 4.78 is 1.56. The van der Waals surface area contributed by atoms with Crippen molar-refractivity contribution in [1.82, 2.24) is 14.8 Å². The van der Waals surface area contributed by atoms with Crippen molar-refractivity contribution in [2.45, 2.75) is 44.8 Å². The first-order valence-electron chi connectivity index (χ1n) is 11.0. The highest BCUT2D eigenvalue weighted by molar-refractivity contribution is 5.30. The summed E-state index contributed by atoms with van der Waals surface area (Å²) in [7, 11) is 0. The maximum atomic E-state index is 12.5. The molecule has 0 saturated carbocycles. The van der Waals surface area contributed by atoms with Gasteiger partial charge in [-0.3, -0.25) is 9.69 Å². The molecule has 1 aromatic heterocycles. The third-order valence-corrected chi connectivity index (χ3v) is 6.07. The van der Waals surface area contributed by atoms with Crippen LogP contribution in [-0.2, 0) is 13.1 Å². The van der Waals surface area contributed by atoms with Crippen molar-refractivity contribution in [3.05, 3.63) is 87.9 Å². The molecule has 2 aromatic rings. The van der Waals surface area contributed by atoms with Crippen LogP contribution in [0.4, 0.5) is 0 Å². The van der Waals surface area contributed by atoms with Crippen LogP contribution in [0.25, 0.3) is 0 Å². The smallest absolute Gasteiger partial charge is 0.293 e. The Morgan fingerprint density at radius 1 is 1.03 bits per heavy atom. The molecule has 1 aromatic carbocycles. The lowest BCUT2D eigenvalue weighted by molar-refractivity contribution is 0.211. The fraction of sp³-hybridized carbons (Fsp3) is 0.400. The van der Waals surface area contributed by atoms with Gasteiger partial charge in [0.1, 0.15) is 0 Å². The highest BCUT2D eigenvalue weighted by Gasteiger charge is 2.20. The van der Waals surface area contributed by atoms with Crippen LogP contribution < -0.4 is 10.9 Å². The van der Waals surface area contributed by atoms with Gasteiger partial charge in [0.15, 0.2) is 5.75 Å².